The number of halogens is 2. The summed E-state index contributed by atoms with van der Waals surface area (Å²) in [6.07, 6.45) is 3.47. The van der Waals surface area contributed by atoms with Gasteiger partial charge in [0.1, 0.15) is 17.5 Å². The molecule has 0 aliphatic carbocycles. The SMILES string of the molecule is CSc1nc(-c2cccc(NC(=O)c3cc(F)cc(F)c3)c2)c(-c2ccnc(NC(C)=O)c2)[nH]1. The molecule has 34 heavy (non-hydrogen) atoms. The Hall–Kier alpha value is -4.05. The number of hydrogen-bond donors (Lipinski definition) is 3. The predicted octanol–water partition coefficient (Wildman–Crippen LogP) is 5.35. The van der Waals surface area contributed by atoms with Crippen LogP contribution in [-0.4, -0.2) is 33.0 Å². The largest absolute Gasteiger partial charge is 0.332 e. The minimum Gasteiger partial charge on any atom is -0.332 e. The summed E-state index contributed by atoms with van der Waals surface area (Å²) in [6.45, 7) is 1.40. The minimum absolute atomic E-state index is 0.129. The van der Waals surface area contributed by atoms with Crippen LogP contribution in [0.3, 0.4) is 0 Å². The third-order valence-electron chi connectivity index (χ3n) is 4.75. The normalized spacial score (nSPS) is 10.7. The van der Waals surface area contributed by atoms with Gasteiger partial charge in [-0.15, -0.1) is 0 Å². The highest BCUT2D eigenvalue weighted by molar-refractivity contribution is 7.98. The summed E-state index contributed by atoms with van der Waals surface area (Å²) >= 11 is 1.43. The molecule has 0 aliphatic rings. The Kier molecular flexibility index (Phi) is 6.69. The molecule has 0 aliphatic heterocycles. The minimum atomic E-state index is -0.833. The van der Waals surface area contributed by atoms with Crippen LogP contribution in [0.25, 0.3) is 22.5 Å². The van der Waals surface area contributed by atoms with Crippen LogP contribution >= 0.6 is 11.8 Å². The standard InChI is InChI=1S/C24H19F2N5O2S/c1-13(32)28-20-11-15(6-7-27-20)22-21(30-24(31-22)34-2)14-4-3-5-19(10-14)29-23(33)16-8-17(25)12-18(26)9-16/h3-12H,1-2H3,(H,29,33)(H,30,31)(H,27,28,32). The molecule has 4 rings (SSSR count). The van der Waals surface area contributed by atoms with E-state index >= 15 is 0 Å². The second-order valence-electron chi connectivity index (χ2n) is 7.27. The molecule has 0 bridgehead atoms. The first-order valence-electron chi connectivity index (χ1n) is 10.1. The number of carbonyl (C=O) groups is 2. The Morgan fingerprint density at radius 1 is 0.971 bits per heavy atom. The molecule has 0 spiro atoms. The van der Waals surface area contributed by atoms with Gasteiger partial charge in [-0.25, -0.2) is 18.7 Å². The molecule has 0 radical (unpaired) electrons. The fourth-order valence-electron chi connectivity index (χ4n) is 3.33. The third kappa shape index (κ3) is 5.29. The number of anilines is 2. The summed E-state index contributed by atoms with van der Waals surface area (Å²) in [5, 5.41) is 5.99. The van der Waals surface area contributed by atoms with E-state index in [-0.39, 0.29) is 11.5 Å². The summed E-state index contributed by atoms with van der Waals surface area (Å²) in [7, 11) is 0. The van der Waals surface area contributed by atoms with Crippen molar-refractivity contribution in [2.45, 2.75) is 12.1 Å². The number of aromatic amines is 1. The van der Waals surface area contributed by atoms with Crippen molar-refractivity contribution in [3.05, 3.63) is 78.0 Å². The maximum Gasteiger partial charge on any atom is 0.255 e. The second-order valence-corrected chi connectivity index (χ2v) is 8.07. The van der Waals surface area contributed by atoms with Crippen molar-refractivity contribution >= 4 is 35.1 Å². The van der Waals surface area contributed by atoms with Gasteiger partial charge >= 0.3 is 0 Å². The molecule has 0 unspecified atom stereocenters. The van der Waals surface area contributed by atoms with E-state index in [1.54, 1.807) is 36.5 Å². The maximum absolute atomic E-state index is 13.5. The lowest BCUT2D eigenvalue weighted by molar-refractivity contribution is -0.114. The number of aromatic nitrogens is 3. The van der Waals surface area contributed by atoms with Gasteiger partial charge in [0.05, 0.1) is 11.4 Å². The van der Waals surface area contributed by atoms with Crippen LogP contribution in [0.1, 0.15) is 17.3 Å². The monoisotopic (exact) mass is 479 g/mol. The highest BCUT2D eigenvalue weighted by Gasteiger charge is 2.16. The van der Waals surface area contributed by atoms with E-state index < -0.39 is 17.5 Å². The van der Waals surface area contributed by atoms with Gasteiger partial charge in [0.2, 0.25) is 5.91 Å². The topological polar surface area (TPSA) is 99.8 Å². The molecule has 172 valence electrons. The van der Waals surface area contributed by atoms with Crippen LogP contribution < -0.4 is 10.6 Å². The fraction of sp³-hybridized carbons (Fsp3) is 0.0833. The molecule has 0 saturated carbocycles. The summed E-state index contributed by atoms with van der Waals surface area (Å²) < 4.78 is 27.0. The van der Waals surface area contributed by atoms with E-state index in [0.29, 0.717) is 39.7 Å². The third-order valence-corrected chi connectivity index (χ3v) is 5.33. The van der Waals surface area contributed by atoms with Gasteiger partial charge in [-0.05, 0) is 42.7 Å². The lowest BCUT2D eigenvalue weighted by Crippen LogP contribution is -2.12. The summed E-state index contributed by atoms with van der Waals surface area (Å²) in [6, 6.07) is 13.1. The van der Waals surface area contributed by atoms with Crippen molar-refractivity contribution in [1.29, 1.82) is 0 Å². The van der Waals surface area contributed by atoms with Crippen molar-refractivity contribution < 1.29 is 18.4 Å². The molecule has 3 N–H and O–H groups in total. The van der Waals surface area contributed by atoms with Gasteiger partial charge in [-0.3, -0.25) is 9.59 Å². The average Bonchev–Trinajstić information content (AvgIpc) is 3.23. The zero-order chi connectivity index (χ0) is 24.2. The van der Waals surface area contributed by atoms with Crippen molar-refractivity contribution in [2.24, 2.45) is 0 Å². The zero-order valence-electron chi connectivity index (χ0n) is 18.1. The van der Waals surface area contributed by atoms with Crippen LogP contribution in [0.4, 0.5) is 20.3 Å². The van der Waals surface area contributed by atoms with E-state index in [2.05, 4.69) is 25.6 Å². The van der Waals surface area contributed by atoms with Crippen LogP contribution in [0, 0.1) is 11.6 Å². The van der Waals surface area contributed by atoms with Crippen molar-refractivity contribution in [2.75, 3.05) is 16.9 Å². The van der Waals surface area contributed by atoms with Gasteiger partial charge < -0.3 is 15.6 Å². The van der Waals surface area contributed by atoms with Gasteiger partial charge in [-0.1, -0.05) is 23.9 Å². The molecule has 7 nitrogen and oxygen atoms in total. The van der Waals surface area contributed by atoms with Crippen LogP contribution in [-0.2, 0) is 4.79 Å². The number of imidazole rings is 1. The molecular formula is C24H19F2N5O2S. The summed E-state index contributed by atoms with van der Waals surface area (Å²) in [4.78, 5) is 36.0. The molecule has 2 heterocycles. The van der Waals surface area contributed by atoms with Crippen molar-refractivity contribution in [1.82, 2.24) is 15.0 Å². The van der Waals surface area contributed by atoms with Gasteiger partial charge in [0.15, 0.2) is 5.16 Å². The molecule has 0 atom stereocenters. The molecule has 2 aromatic carbocycles. The first-order chi connectivity index (χ1) is 16.3. The Morgan fingerprint density at radius 3 is 2.44 bits per heavy atom. The fourth-order valence-corrected chi connectivity index (χ4v) is 3.72. The molecule has 0 saturated heterocycles. The van der Waals surface area contributed by atoms with Crippen LogP contribution in [0.5, 0.6) is 0 Å². The molecule has 2 aromatic heterocycles. The Balaban J connectivity index is 1.68. The maximum atomic E-state index is 13.5. The van der Waals surface area contributed by atoms with Crippen molar-refractivity contribution in [3.63, 3.8) is 0 Å². The number of rotatable bonds is 6. The molecular weight excluding hydrogens is 460 g/mol. The Bertz CT molecular complexity index is 1370. The average molecular weight is 480 g/mol. The first kappa shape index (κ1) is 23.1. The Morgan fingerprint density at radius 2 is 1.74 bits per heavy atom. The predicted molar refractivity (Wildman–Crippen MR) is 128 cm³/mol. The summed E-state index contributed by atoms with van der Waals surface area (Å²) in [5.41, 5.74) is 3.08. The van der Waals surface area contributed by atoms with Crippen LogP contribution in [0.2, 0.25) is 0 Å². The number of hydrogen-bond acceptors (Lipinski definition) is 5. The quantitative estimate of drug-likeness (QED) is 0.324. The number of nitrogens with one attached hydrogen (secondary N) is 3. The zero-order valence-corrected chi connectivity index (χ0v) is 19.0. The lowest BCUT2D eigenvalue weighted by Gasteiger charge is -2.09. The second kappa shape index (κ2) is 9.84. The number of benzene rings is 2. The number of pyridine rings is 1. The lowest BCUT2D eigenvalue weighted by atomic mass is 10.0. The Labute approximate surface area is 198 Å². The molecule has 4 aromatic rings. The number of nitrogens with zero attached hydrogens (tertiary/aromatic N) is 2. The van der Waals surface area contributed by atoms with Gasteiger partial charge in [0.25, 0.3) is 5.91 Å². The molecule has 10 heteroatoms. The number of thioether (sulfide) groups is 1. The van der Waals surface area contributed by atoms with E-state index in [0.717, 1.165) is 17.7 Å². The number of amides is 2. The van der Waals surface area contributed by atoms with E-state index in [9.17, 15) is 18.4 Å². The highest BCUT2D eigenvalue weighted by Crippen LogP contribution is 2.34. The van der Waals surface area contributed by atoms with Crippen molar-refractivity contribution in [3.8, 4) is 22.5 Å². The summed E-state index contributed by atoms with van der Waals surface area (Å²) in [5.74, 6) is -2.14. The van der Waals surface area contributed by atoms with Gasteiger partial charge in [0, 0.05) is 41.6 Å². The van der Waals surface area contributed by atoms with E-state index in [4.69, 9.17) is 0 Å². The number of H-pyrrole nitrogens is 1. The van der Waals surface area contributed by atoms with E-state index in [1.165, 1.54) is 18.7 Å². The first-order valence-corrected chi connectivity index (χ1v) is 11.3. The van der Waals surface area contributed by atoms with Gasteiger partial charge in [-0.2, -0.15) is 0 Å². The highest BCUT2D eigenvalue weighted by atomic mass is 32.2. The molecule has 2 amide bonds. The van der Waals surface area contributed by atoms with E-state index in [1.807, 2.05) is 12.3 Å². The van der Waals surface area contributed by atoms with Crippen LogP contribution in [0.15, 0.2) is 66.0 Å². The molecule has 0 fully saturated rings. The number of carbonyl (C=O) groups excluding carboxylic acids is 2. The smallest absolute Gasteiger partial charge is 0.255 e.